The fourth-order valence-electron chi connectivity index (χ4n) is 3.40. The van der Waals surface area contributed by atoms with Crippen LogP contribution in [0.3, 0.4) is 0 Å². The van der Waals surface area contributed by atoms with Crippen LogP contribution in [0.25, 0.3) is 22.5 Å². The zero-order valence-electron chi connectivity index (χ0n) is 20.7. The Morgan fingerprint density at radius 1 is 0.675 bits per heavy atom. The number of hydrogen-bond acceptors (Lipinski definition) is 4. The molecule has 0 aliphatic rings. The van der Waals surface area contributed by atoms with Crippen LogP contribution in [-0.2, 0) is 17.1 Å². The molecule has 0 saturated heterocycles. The van der Waals surface area contributed by atoms with E-state index in [9.17, 15) is 25.2 Å². The molecule has 2 aromatic carbocycles. The van der Waals surface area contributed by atoms with E-state index in [4.69, 9.17) is 15.5 Å². The fraction of sp³-hybridized carbons (Fsp3) is 0.0769. The second kappa shape index (κ2) is 12.5. The summed E-state index contributed by atoms with van der Waals surface area (Å²) >= 11 is 0. The predicted octanol–water partition coefficient (Wildman–Crippen LogP) is 8.81. The standard InChI is InChI=1S/C24H19N5.C2H3N.Cu.F6P/c1-3-9-19(10-4-1)21-14-17-28(26-21)24(23-13-7-8-16-25-23)29-18-15-22(27-29)20-11-5-2-6-12-20;1-2-3;;1-7(2,3,4,5)6/h1-18,24H;1H3;;/q;;+1;-1. The molecule has 6 nitrogen and oxygen atoms in total. The maximum atomic E-state index is 9.87. The van der Waals surface area contributed by atoms with Crippen LogP contribution >= 0.6 is 7.81 Å². The van der Waals surface area contributed by atoms with Crippen LogP contribution in [0.15, 0.2) is 110 Å². The normalized spacial score (nSPS) is 12.3. The Labute approximate surface area is 236 Å². The first kappa shape index (κ1) is 32.2. The summed E-state index contributed by atoms with van der Waals surface area (Å²) in [6.45, 7) is 1.43. The average Bonchev–Trinajstić information content (AvgIpc) is 3.56. The summed E-state index contributed by atoms with van der Waals surface area (Å²) in [5.41, 5.74) is 4.87. The van der Waals surface area contributed by atoms with E-state index >= 15 is 0 Å². The molecule has 0 saturated carbocycles. The number of pyridine rings is 1. The van der Waals surface area contributed by atoms with Gasteiger partial charge in [-0.1, -0.05) is 66.7 Å². The molecule has 0 amide bonds. The van der Waals surface area contributed by atoms with Gasteiger partial charge in [-0.2, -0.15) is 15.5 Å². The van der Waals surface area contributed by atoms with Gasteiger partial charge in [-0.05, 0) is 24.3 Å². The molecule has 0 atom stereocenters. The Hall–Kier alpha value is -3.97. The topological polar surface area (TPSA) is 72.3 Å². The van der Waals surface area contributed by atoms with Crippen LogP contribution in [0.4, 0.5) is 25.2 Å². The number of halogens is 6. The molecular weight excluding hydrogens is 605 g/mol. The van der Waals surface area contributed by atoms with Crippen molar-refractivity contribution in [3.8, 4) is 28.6 Å². The maximum absolute atomic E-state index is 10.7. The molecule has 214 valence electrons. The molecular formula is C26H22CuF6N6P. The molecule has 0 fully saturated rings. The average molecular weight is 627 g/mol. The minimum atomic E-state index is -10.7. The van der Waals surface area contributed by atoms with Gasteiger partial charge >= 0.3 is 50.1 Å². The molecule has 0 aliphatic heterocycles. The Balaban J connectivity index is 0.000000442. The van der Waals surface area contributed by atoms with Crippen molar-refractivity contribution in [1.29, 1.82) is 5.26 Å². The van der Waals surface area contributed by atoms with Gasteiger partial charge in [-0.25, -0.2) is 9.36 Å². The van der Waals surface area contributed by atoms with E-state index in [0.717, 1.165) is 28.2 Å². The molecule has 0 N–H and O–H groups in total. The van der Waals surface area contributed by atoms with E-state index in [0.29, 0.717) is 0 Å². The van der Waals surface area contributed by atoms with Crippen molar-refractivity contribution in [1.82, 2.24) is 24.5 Å². The summed E-state index contributed by atoms with van der Waals surface area (Å²) in [6.07, 6.45) is 5.48. The van der Waals surface area contributed by atoms with Crippen molar-refractivity contribution in [3.63, 3.8) is 0 Å². The molecule has 3 aromatic heterocycles. The quantitative estimate of drug-likeness (QED) is 0.111. The molecule has 5 rings (SSSR count). The first-order valence-electron chi connectivity index (χ1n) is 11.2. The van der Waals surface area contributed by atoms with E-state index in [2.05, 4.69) is 29.2 Å². The first-order chi connectivity index (χ1) is 18.2. The zero-order valence-corrected chi connectivity index (χ0v) is 22.5. The van der Waals surface area contributed by atoms with Gasteiger partial charge in [-0.15, -0.1) is 0 Å². The molecule has 40 heavy (non-hydrogen) atoms. The second-order valence-electron chi connectivity index (χ2n) is 7.90. The minimum Gasteiger partial charge on any atom is -0.257 e. The smallest absolute Gasteiger partial charge is 0.257 e. The second-order valence-corrected chi connectivity index (χ2v) is 9.82. The van der Waals surface area contributed by atoms with Crippen molar-refractivity contribution < 1.29 is 42.3 Å². The maximum Gasteiger partial charge on any atom is 1.00 e. The summed E-state index contributed by atoms with van der Waals surface area (Å²) in [7, 11) is -10.7. The van der Waals surface area contributed by atoms with Crippen molar-refractivity contribution in [2.45, 2.75) is 13.1 Å². The van der Waals surface area contributed by atoms with Crippen LogP contribution < -0.4 is 0 Å². The summed E-state index contributed by atoms with van der Waals surface area (Å²) < 4.78 is 63.0. The Morgan fingerprint density at radius 2 is 1.05 bits per heavy atom. The third kappa shape index (κ3) is 11.0. The number of aromatic nitrogens is 5. The summed E-state index contributed by atoms with van der Waals surface area (Å²) in [5.74, 6) is 0. The Bertz CT molecular complexity index is 1430. The van der Waals surface area contributed by atoms with Gasteiger partial charge < -0.3 is 0 Å². The number of nitriles is 1. The molecule has 14 heteroatoms. The Kier molecular flexibility index (Phi) is 10.1. The molecule has 0 bridgehead atoms. The van der Waals surface area contributed by atoms with Crippen LogP contribution in [0.5, 0.6) is 0 Å². The van der Waals surface area contributed by atoms with E-state index in [-0.39, 0.29) is 23.2 Å². The predicted molar refractivity (Wildman–Crippen MR) is 138 cm³/mol. The molecule has 3 heterocycles. The summed E-state index contributed by atoms with van der Waals surface area (Å²) in [6, 6.07) is 32.0. The first-order valence-corrected chi connectivity index (χ1v) is 13.3. The Morgan fingerprint density at radius 3 is 1.40 bits per heavy atom. The van der Waals surface area contributed by atoms with Crippen LogP contribution in [0, 0.1) is 11.3 Å². The molecule has 0 unspecified atom stereocenters. The van der Waals surface area contributed by atoms with Crippen molar-refractivity contribution in [3.05, 3.63) is 115 Å². The van der Waals surface area contributed by atoms with Gasteiger partial charge in [-0.3, -0.25) is 4.98 Å². The van der Waals surface area contributed by atoms with Crippen molar-refractivity contribution in [2.75, 3.05) is 0 Å². The molecule has 0 aliphatic carbocycles. The summed E-state index contributed by atoms with van der Waals surface area (Å²) in [5, 5.41) is 17.0. The van der Waals surface area contributed by atoms with Crippen LogP contribution in [0.2, 0.25) is 0 Å². The monoisotopic (exact) mass is 626 g/mol. The minimum absolute atomic E-state index is 0. The molecule has 5 aromatic rings. The fourth-order valence-corrected chi connectivity index (χ4v) is 3.40. The van der Waals surface area contributed by atoms with Gasteiger partial charge in [0, 0.05) is 36.6 Å². The van der Waals surface area contributed by atoms with Gasteiger partial charge in [0.2, 0.25) is 0 Å². The van der Waals surface area contributed by atoms with Gasteiger partial charge in [0.05, 0.1) is 23.2 Å². The number of hydrogen-bond donors (Lipinski definition) is 0. The van der Waals surface area contributed by atoms with Crippen LogP contribution in [-0.4, -0.2) is 24.5 Å². The number of nitrogens with zero attached hydrogens (tertiary/aromatic N) is 6. The van der Waals surface area contributed by atoms with E-state index in [1.165, 1.54) is 6.92 Å². The SMILES string of the molecule is CC#N.F[P-](F)(F)(F)(F)F.[Cu+].c1ccc(-c2ccn(C(c3ccccn3)n3ccc(-c4ccccc4)n3)n2)cc1. The molecule has 0 radical (unpaired) electrons. The number of rotatable bonds is 5. The largest absolute Gasteiger partial charge is 1.00 e. The summed E-state index contributed by atoms with van der Waals surface area (Å²) in [4.78, 5) is 4.57. The van der Waals surface area contributed by atoms with E-state index < -0.39 is 7.81 Å². The van der Waals surface area contributed by atoms with Crippen LogP contribution in [0.1, 0.15) is 18.8 Å². The van der Waals surface area contributed by atoms with Gasteiger partial charge in [0.1, 0.15) is 0 Å². The zero-order chi connectivity index (χ0) is 28.6. The van der Waals surface area contributed by atoms with Crippen molar-refractivity contribution in [2.24, 2.45) is 0 Å². The van der Waals surface area contributed by atoms with E-state index in [1.807, 2.05) is 88.5 Å². The van der Waals surface area contributed by atoms with Crippen molar-refractivity contribution >= 4 is 7.81 Å². The van der Waals surface area contributed by atoms with Gasteiger partial charge in [0.15, 0.2) is 6.17 Å². The third-order valence-electron chi connectivity index (χ3n) is 4.81. The van der Waals surface area contributed by atoms with Gasteiger partial charge in [0.25, 0.3) is 0 Å². The van der Waals surface area contributed by atoms with E-state index in [1.54, 1.807) is 12.3 Å². The molecule has 0 spiro atoms. The third-order valence-corrected chi connectivity index (χ3v) is 4.81. The number of benzene rings is 2.